The van der Waals surface area contributed by atoms with E-state index in [2.05, 4.69) is 20.4 Å². The van der Waals surface area contributed by atoms with Gasteiger partial charge in [0.05, 0.1) is 25.4 Å². The van der Waals surface area contributed by atoms with Gasteiger partial charge in [-0.2, -0.15) is 4.98 Å². The average Bonchev–Trinajstić information content (AvgIpc) is 3.10. The Morgan fingerprint density at radius 1 is 1.32 bits per heavy atom. The molecule has 0 radical (unpaired) electrons. The number of rotatable bonds is 5. The number of fused-ring (bicyclic) bond motifs is 1. The first-order chi connectivity index (χ1) is 13.5. The molecule has 3 aromatic rings. The fourth-order valence-corrected chi connectivity index (χ4v) is 3.28. The number of carbonyl (C=O) groups is 1. The molecule has 0 saturated heterocycles. The number of aliphatic imine (C=N–C) groups is 1. The highest BCUT2D eigenvalue weighted by atomic mass is 35.5. The molecule has 9 heteroatoms. The van der Waals surface area contributed by atoms with Gasteiger partial charge in [-0.1, -0.05) is 6.07 Å². The number of anilines is 2. The van der Waals surface area contributed by atoms with Gasteiger partial charge in [0, 0.05) is 17.4 Å². The lowest BCUT2D eigenvalue weighted by Crippen LogP contribution is -2.25. The zero-order valence-corrected chi connectivity index (χ0v) is 15.6. The molecule has 1 aliphatic rings. The van der Waals surface area contributed by atoms with E-state index >= 15 is 0 Å². The number of hydrogen-bond donors (Lipinski definition) is 2. The van der Waals surface area contributed by atoms with Crippen LogP contribution < -0.4 is 5.32 Å². The lowest BCUT2D eigenvalue weighted by atomic mass is 9.97. The Bertz CT molecular complexity index is 1110. The lowest BCUT2D eigenvalue weighted by molar-refractivity contribution is 0.0697. The number of halogens is 1. The number of ether oxygens (including phenoxy) is 1. The van der Waals surface area contributed by atoms with Gasteiger partial charge >= 0.3 is 5.97 Å². The highest BCUT2D eigenvalue weighted by molar-refractivity contribution is 6.26. The van der Waals surface area contributed by atoms with Crippen LogP contribution in [0.5, 0.6) is 0 Å². The van der Waals surface area contributed by atoms with E-state index in [9.17, 15) is 4.79 Å². The summed E-state index contributed by atoms with van der Waals surface area (Å²) in [6, 6.07) is 10.1. The summed E-state index contributed by atoms with van der Waals surface area (Å²) in [6.45, 7) is 0.355. The number of nitrogens with one attached hydrogen (secondary N) is 1. The van der Waals surface area contributed by atoms with E-state index in [1.165, 1.54) is 12.1 Å². The minimum absolute atomic E-state index is 0.207. The Labute approximate surface area is 165 Å². The summed E-state index contributed by atoms with van der Waals surface area (Å²) in [5.41, 5.74) is 2.22. The molecular weight excluding hydrogens is 382 g/mol. The molecule has 0 spiro atoms. The van der Waals surface area contributed by atoms with E-state index in [4.69, 9.17) is 21.4 Å². The third-order valence-corrected chi connectivity index (χ3v) is 4.78. The van der Waals surface area contributed by atoms with E-state index in [-0.39, 0.29) is 5.56 Å². The Hall–Kier alpha value is -3.39. The van der Waals surface area contributed by atoms with Gasteiger partial charge in [0.2, 0.25) is 5.95 Å². The van der Waals surface area contributed by atoms with Crippen molar-refractivity contribution in [1.29, 1.82) is 0 Å². The van der Waals surface area contributed by atoms with Crippen LogP contribution in [0.15, 0.2) is 59.4 Å². The van der Waals surface area contributed by atoms with Crippen LogP contribution in [0.4, 0.5) is 11.6 Å². The number of hydrogen-bond acceptors (Lipinski definition) is 6. The second-order valence-electron chi connectivity index (χ2n) is 6.22. The number of pyridine rings is 1. The first-order valence-electron chi connectivity index (χ1n) is 8.40. The zero-order valence-electron chi connectivity index (χ0n) is 14.8. The molecule has 28 heavy (non-hydrogen) atoms. The molecule has 4 rings (SSSR count). The zero-order chi connectivity index (χ0) is 19.7. The van der Waals surface area contributed by atoms with E-state index in [0.29, 0.717) is 29.6 Å². The number of allylic oxidation sites excluding steroid dienone is 1. The van der Waals surface area contributed by atoms with Gasteiger partial charge in [0.15, 0.2) is 5.65 Å². The normalized spacial score (nSPS) is 18.7. The quantitative estimate of drug-likeness (QED) is 0.641. The van der Waals surface area contributed by atoms with Crippen LogP contribution in [0.1, 0.15) is 15.9 Å². The largest absolute Gasteiger partial charge is 0.495 e. The van der Waals surface area contributed by atoms with Gasteiger partial charge < -0.3 is 15.2 Å². The number of benzene rings is 1. The van der Waals surface area contributed by atoms with Crippen molar-refractivity contribution in [3.63, 3.8) is 0 Å². The molecule has 2 N–H and O–H groups in total. The van der Waals surface area contributed by atoms with E-state index in [0.717, 1.165) is 5.56 Å². The lowest BCUT2D eigenvalue weighted by Gasteiger charge is -2.25. The number of carboxylic acids is 1. The minimum atomic E-state index is -0.979. The van der Waals surface area contributed by atoms with E-state index < -0.39 is 10.8 Å². The third-order valence-electron chi connectivity index (χ3n) is 4.34. The highest BCUT2D eigenvalue weighted by Gasteiger charge is 2.33. The van der Waals surface area contributed by atoms with Crippen molar-refractivity contribution in [2.75, 3.05) is 19.0 Å². The maximum absolute atomic E-state index is 11.0. The van der Waals surface area contributed by atoms with Crippen molar-refractivity contribution in [1.82, 2.24) is 14.6 Å². The first-order valence-corrected chi connectivity index (χ1v) is 8.78. The summed E-state index contributed by atoms with van der Waals surface area (Å²) in [5.74, 6) is -0.0289. The summed E-state index contributed by atoms with van der Waals surface area (Å²) in [4.78, 5) is 18.9. The molecular formula is C19H16ClN5O3. The minimum Gasteiger partial charge on any atom is -0.495 e. The topological polar surface area (TPSA) is 101 Å². The molecule has 1 aromatic carbocycles. The second-order valence-corrected chi connectivity index (χ2v) is 6.89. The van der Waals surface area contributed by atoms with Crippen LogP contribution in [-0.2, 0) is 9.61 Å². The van der Waals surface area contributed by atoms with Gasteiger partial charge in [-0.05, 0) is 36.4 Å². The number of carboxylic acid groups (broad SMARTS) is 1. The molecule has 0 fully saturated rings. The number of dihydropyridines is 1. The van der Waals surface area contributed by atoms with Gasteiger partial charge in [-0.25, -0.2) is 9.31 Å². The molecule has 1 atom stereocenters. The Balaban J connectivity index is 1.68. The summed E-state index contributed by atoms with van der Waals surface area (Å²) in [7, 11) is 1.57. The molecule has 8 nitrogen and oxygen atoms in total. The predicted molar refractivity (Wildman–Crippen MR) is 106 cm³/mol. The fourth-order valence-electron chi connectivity index (χ4n) is 2.96. The van der Waals surface area contributed by atoms with Crippen molar-refractivity contribution in [3.8, 4) is 0 Å². The molecule has 0 bridgehead atoms. The van der Waals surface area contributed by atoms with Gasteiger partial charge in [0.25, 0.3) is 0 Å². The molecule has 0 saturated carbocycles. The van der Waals surface area contributed by atoms with Crippen molar-refractivity contribution in [3.05, 3.63) is 65.6 Å². The van der Waals surface area contributed by atoms with Crippen molar-refractivity contribution in [2.45, 2.75) is 4.87 Å². The van der Waals surface area contributed by atoms with Crippen LogP contribution in [-0.4, -0.2) is 45.5 Å². The van der Waals surface area contributed by atoms with E-state index in [1.807, 2.05) is 18.2 Å². The highest BCUT2D eigenvalue weighted by Crippen LogP contribution is 2.36. The summed E-state index contributed by atoms with van der Waals surface area (Å²) >= 11 is 6.84. The molecule has 3 heterocycles. The maximum Gasteiger partial charge on any atom is 0.335 e. The first kappa shape index (κ1) is 18.0. The van der Waals surface area contributed by atoms with Crippen molar-refractivity contribution in [2.24, 2.45) is 4.99 Å². The molecule has 142 valence electrons. The Morgan fingerprint density at radius 3 is 2.82 bits per heavy atom. The molecule has 1 unspecified atom stereocenters. The fraction of sp³-hybridized carbons (Fsp3) is 0.158. The van der Waals surface area contributed by atoms with Gasteiger partial charge in [-0.15, -0.1) is 16.7 Å². The molecule has 0 amide bonds. The Morgan fingerprint density at radius 2 is 2.11 bits per heavy atom. The smallest absolute Gasteiger partial charge is 0.335 e. The maximum atomic E-state index is 11.0. The monoisotopic (exact) mass is 397 g/mol. The number of aromatic nitrogens is 3. The van der Waals surface area contributed by atoms with Crippen molar-refractivity contribution >= 4 is 41.1 Å². The summed E-state index contributed by atoms with van der Waals surface area (Å²) in [6.07, 6.45) is 5.22. The molecule has 2 aromatic heterocycles. The summed E-state index contributed by atoms with van der Waals surface area (Å²) in [5, 5.41) is 16.5. The third kappa shape index (κ3) is 3.29. The SMILES string of the molecule is COC1=CC(Cl)(c2cccn3nc(Nc4ccc(C(=O)O)cc4)nc23)CN=C1. The van der Waals surface area contributed by atoms with Crippen LogP contribution in [0.25, 0.3) is 5.65 Å². The number of alkyl halides is 1. The van der Waals surface area contributed by atoms with Gasteiger partial charge in [-0.3, -0.25) is 4.99 Å². The average molecular weight is 398 g/mol. The molecule has 0 aliphatic carbocycles. The van der Waals surface area contributed by atoms with E-state index in [1.54, 1.807) is 36.2 Å². The predicted octanol–water partition coefficient (Wildman–Crippen LogP) is 3.22. The standard InChI is InChI=1S/C19H16ClN5O3/c1-28-14-9-19(20,11-21-10-14)15-3-2-8-25-16(15)23-18(24-25)22-13-6-4-12(5-7-13)17(26)27/h2-10H,11H2,1H3,(H,22,24)(H,26,27). The Kier molecular flexibility index (Phi) is 4.48. The molecule has 1 aliphatic heterocycles. The number of nitrogens with zero attached hydrogens (tertiary/aromatic N) is 4. The van der Waals surface area contributed by atoms with Crippen LogP contribution >= 0.6 is 11.6 Å². The van der Waals surface area contributed by atoms with Crippen LogP contribution in [0, 0.1) is 0 Å². The number of aromatic carboxylic acids is 1. The van der Waals surface area contributed by atoms with Crippen LogP contribution in [0.3, 0.4) is 0 Å². The van der Waals surface area contributed by atoms with Gasteiger partial charge in [0.1, 0.15) is 10.6 Å². The number of methoxy groups -OCH3 is 1. The second kappa shape index (κ2) is 6.97. The van der Waals surface area contributed by atoms with Crippen molar-refractivity contribution < 1.29 is 14.6 Å². The summed E-state index contributed by atoms with van der Waals surface area (Å²) < 4.78 is 6.89. The van der Waals surface area contributed by atoms with Crippen LogP contribution in [0.2, 0.25) is 0 Å².